The minimum Gasteiger partial charge on any atom is -0.356 e. The lowest BCUT2D eigenvalue weighted by molar-refractivity contribution is -0.0221. The average Bonchev–Trinajstić information content (AvgIpc) is 2.62. The molecule has 0 saturated carbocycles. The fourth-order valence-corrected chi connectivity index (χ4v) is 3.12. The van der Waals surface area contributed by atoms with Crippen molar-refractivity contribution < 1.29 is 13.6 Å². The number of nitrogens with two attached hydrogens (primary N) is 1. The van der Waals surface area contributed by atoms with Gasteiger partial charge in [0.05, 0.1) is 22.5 Å². The van der Waals surface area contributed by atoms with Crippen LogP contribution in [0.15, 0.2) is 35.6 Å². The molecule has 0 spiro atoms. The quantitative estimate of drug-likeness (QED) is 0.764. The zero-order valence-corrected chi connectivity index (χ0v) is 15.2. The van der Waals surface area contributed by atoms with E-state index in [0.717, 1.165) is 11.9 Å². The van der Waals surface area contributed by atoms with Gasteiger partial charge in [0.25, 0.3) is 11.8 Å². The molecule has 2 aromatic heterocycles. The average molecular weight is 400 g/mol. The molecule has 3 rings (SSSR count). The molecule has 1 aliphatic rings. The minimum atomic E-state index is -2.68. The van der Waals surface area contributed by atoms with E-state index < -0.39 is 11.8 Å². The van der Waals surface area contributed by atoms with Crippen molar-refractivity contribution in [3.8, 4) is 0 Å². The number of rotatable bonds is 4. The van der Waals surface area contributed by atoms with Crippen molar-refractivity contribution in [2.45, 2.75) is 23.7 Å². The lowest BCUT2D eigenvalue weighted by Gasteiger charge is -2.33. The smallest absolute Gasteiger partial charge is 0.259 e. The molecule has 1 amide bonds. The summed E-state index contributed by atoms with van der Waals surface area (Å²) in [5.41, 5.74) is 0.676. The first-order valence-corrected chi connectivity index (χ1v) is 9.05. The summed E-state index contributed by atoms with van der Waals surface area (Å²) in [4.78, 5) is 23.3. The van der Waals surface area contributed by atoms with Gasteiger partial charge in [0.15, 0.2) is 0 Å². The van der Waals surface area contributed by atoms with Crippen LogP contribution in [0, 0.1) is 0 Å². The fourth-order valence-electron chi connectivity index (χ4n) is 2.65. The largest absolute Gasteiger partial charge is 0.356 e. The number of halogens is 3. The van der Waals surface area contributed by atoms with Crippen LogP contribution in [0.4, 0.5) is 20.3 Å². The van der Waals surface area contributed by atoms with Crippen LogP contribution in [0.3, 0.4) is 0 Å². The molecule has 0 aliphatic carbocycles. The number of piperidine rings is 1. The maximum absolute atomic E-state index is 13.4. The molecule has 1 fully saturated rings. The first-order chi connectivity index (χ1) is 12.4. The van der Waals surface area contributed by atoms with Gasteiger partial charge in [-0.1, -0.05) is 11.6 Å². The number of hydrogen-bond donors (Lipinski definition) is 2. The van der Waals surface area contributed by atoms with Gasteiger partial charge in [-0.15, -0.1) is 0 Å². The van der Waals surface area contributed by atoms with E-state index in [1.807, 2.05) is 0 Å². The number of alkyl halides is 2. The maximum Gasteiger partial charge on any atom is 0.259 e. The molecule has 138 valence electrons. The summed E-state index contributed by atoms with van der Waals surface area (Å²) >= 11 is 6.99. The number of carbonyl (C=O) groups is 1. The van der Waals surface area contributed by atoms with E-state index in [4.69, 9.17) is 16.7 Å². The summed E-state index contributed by atoms with van der Waals surface area (Å²) in [6.07, 6.45) is 3.89. The second-order valence-corrected chi connectivity index (χ2v) is 6.99. The van der Waals surface area contributed by atoms with Gasteiger partial charge >= 0.3 is 0 Å². The predicted molar refractivity (Wildman–Crippen MR) is 97.9 cm³/mol. The molecule has 1 aliphatic heterocycles. The highest BCUT2D eigenvalue weighted by Gasteiger charge is 2.35. The Morgan fingerprint density at radius 2 is 2.00 bits per heavy atom. The van der Waals surface area contributed by atoms with E-state index in [9.17, 15) is 13.6 Å². The Kier molecular flexibility index (Phi) is 5.59. The molecular weight excluding hydrogens is 384 g/mol. The van der Waals surface area contributed by atoms with Crippen molar-refractivity contribution in [2.24, 2.45) is 5.14 Å². The molecule has 0 aromatic carbocycles. The van der Waals surface area contributed by atoms with Crippen LogP contribution < -0.4 is 15.4 Å². The highest BCUT2D eigenvalue weighted by Crippen LogP contribution is 2.32. The molecule has 0 unspecified atom stereocenters. The van der Waals surface area contributed by atoms with Crippen molar-refractivity contribution in [3.05, 3.63) is 41.3 Å². The van der Waals surface area contributed by atoms with Crippen molar-refractivity contribution in [3.63, 3.8) is 0 Å². The van der Waals surface area contributed by atoms with E-state index in [1.165, 1.54) is 18.5 Å². The highest BCUT2D eigenvalue weighted by atomic mass is 35.5. The third-order valence-corrected chi connectivity index (χ3v) is 4.68. The molecular formula is C16H16ClF2N5OS. The number of aromatic nitrogens is 2. The van der Waals surface area contributed by atoms with Gasteiger partial charge in [-0.05, 0) is 24.1 Å². The monoisotopic (exact) mass is 399 g/mol. The zero-order chi connectivity index (χ0) is 18.7. The highest BCUT2D eigenvalue weighted by molar-refractivity contribution is 7.97. The van der Waals surface area contributed by atoms with Gasteiger partial charge < -0.3 is 10.2 Å². The van der Waals surface area contributed by atoms with Gasteiger partial charge in [-0.3, -0.25) is 14.9 Å². The molecule has 0 bridgehead atoms. The maximum atomic E-state index is 13.4. The van der Waals surface area contributed by atoms with E-state index in [2.05, 4.69) is 15.3 Å². The molecule has 1 saturated heterocycles. The summed E-state index contributed by atoms with van der Waals surface area (Å²) in [6, 6.07) is 3.15. The van der Waals surface area contributed by atoms with E-state index in [1.54, 1.807) is 17.2 Å². The summed E-state index contributed by atoms with van der Waals surface area (Å²) < 4.78 is 26.8. The Bertz CT molecular complexity index is 813. The SMILES string of the molecule is NSc1cncc(NC(=O)c2cc(Cl)cnc2N2CCC(F)(F)CC2)c1. The van der Waals surface area contributed by atoms with Gasteiger partial charge in [0.2, 0.25) is 0 Å². The minimum absolute atomic E-state index is 0.114. The van der Waals surface area contributed by atoms with Crippen LogP contribution in [0.25, 0.3) is 0 Å². The van der Waals surface area contributed by atoms with Crippen molar-refractivity contribution in [1.29, 1.82) is 0 Å². The first kappa shape index (κ1) is 18.8. The Morgan fingerprint density at radius 1 is 1.27 bits per heavy atom. The molecule has 0 radical (unpaired) electrons. The summed E-state index contributed by atoms with van der Waals surface area (Å²) in [5, 5.41) is 8.49. The normalized spacial score (nSPS) is 16.4. The van der Waals surface area contributed by atoms with Crippen LogP contribution >= 0.6 is 23.5 Å². The molecule has 10 heteroatoms. The van der Waals surface area contributed by atoms with Crippen LogP contribution in [0.5, 0.6) is 0 Å². The Morgan fingerprint density at radius 3 is 2.69 bits per heavy atom. The Hall–Kier alpha value is -1.97. The van der Waals surface area contributed by atoms with Crippen LogP contribution in [0.1, 0.15) is 23.2 Å². The van der Waals surface area contributed by atoms with Crippen LogP contribution in [-0.2, 0) is 0 Å². The first-order valence-electron chi connectivity index (χ1n) is 7.79. The molecule has 6 nitrogen and oxygen atoms in total. The molecule has 3 heterocycles. The van der Waals surface area contributed by atoms with Crippen molar-refractivity contribution >= 4 is 41.0 Å². The number of nitrogens with one attached hydrogen (secondary N) is 1. The van der Waals surface area contributed by atoms with E-state index >= 15 is 0 Å². The predicted octanol–water partition coefficient (Wildman–Crippen LogP) is 3.58. The number of anilines is 2. The van der Waals surface area contributed by atoms with E-state index in [0.29, 0.717) is 16.4 Å². The second-order valence-electron chi connectivity index (χ2n) is 5.85. The van der Waals surface area contributed by atoms with Crippen LogP contribution in [0.2, 0.25) is 5.02 Å². The topological polar surface area (TPSA) is 84.1 Å². The number of hydrogen-bond acceptors (Lipinski definition) is 6. The summed E-state index contributed by atoms with van der Waals surface area (Å²) in [5.74, 6) is -2.80. The van der Waals surface area contributed by atoms with Crippen molar-refractivity contribution in [2.75, 3.05) is 23.3 Å². The zero-order valence-electron chi connectivity index (χ0n) is 13.6. The second kappa shape index (κ2) is 7.73. The van der Waals surface area contributed by atoms with Gasteiger partial charge in [-0.25, -0.2) is 13.8 Å². The molecule has 2 aromatic rings. The van der Waals surface area contributed by atoms with E-state index in [-0.39, 0.29) is 36.5 Å². The lowest BCUT2D eigenvalue weighted by Crippen LogP contribution is -2.40. The standard InChI is InChI=1S/C16H16ClF2N5OS/c17-10-5-13(15(25)23-11-6-12(26-20)9-21-8-11)14(22-7-10)24-3-1-16(18,19)2-4-24/h5-9H,1-4,20H2,(H,23,25). The summed E-state index contributed by atoms with van der Waals surface area (Å²) in [6.45, 7) is 0.228. The number of pyridine rings is 2. The summed E-state index contributed by atoms with van der Waals surface area (Å²) in [7, 11) is 0. The molecule has 3 N–H and O–H groups in total. The van der Waals surface area contributed by atoms with Gasteiger partial charge in [0.1, 0.15) is 5.82 Å². The Labute approximate surface area is 158 Å². The number of carbonyl (C=O) groups excluding carboxylic acids is 1. The molecule has 0 atom stereocenters. The number of amides is 1. The van der Waals surface area contributed by atoms with Crippen molar-refractivity contribution in [1.82, 2.24) is 9.97 Å². The van der Waals surface area contributed by atoms with Gasteiger partial charge in [0, 0.05) is 43.2 Å². The number of nitrogens with zero attached hydrogens (tertiary/aromatic N) is 3. The lowest BCUT2D eigenvalue weighted by atomic mass is 10.1. The third-order valence-electron chi connectivity index (χ3n) is 3.98. The third kappa shape index (κ3) is 4.40. The van der Waals surface area contributed by atoms with Gasteiger partial charge in [-0.2, -0.15) is 0 Å². The van der Waals surface area contributed by atoms with Crippen LogP contribution in [-0.4, -0.2) is 34.9 Å². The Balaban J connectivity index is 1.84. The molecule has 26 heavy (non-hydrogen) atoms. The fraction of sp³-hybridized carbons (Fsp3) is 0.312.